The minimum absolute atomic E-state index is 0.0500. The van der Waals surface area contributed by atoms with Crippen LogP contribution in [0.25, 0.3) is 11.4 Å². The van der Waals surface area contributed by atoms with Crippen LogP contribution >= 0.6 is 15.9 Å². The molecule has 0 fully saturated rings. The monoisotopic (exact) mass is 381 g/mol. The van der Waals surface area contributed by atoms with Crippen LogP contribution in [0.2, 0.25) is 0 Å². The summed E-state index contributed by atoms with van der Waals surface area (Å²) in [5, 5.41) is 2.83. The van der Waals surface area contributed by atoms with Crippen molar-refractivity contribution in [3.05, 3.63) is 77.0 Å². The maximum atomic E-state index is 12.0. The minimum atomic E-state index is -0.0500. The highest BCUT2D eigenvalue weighted by atomic mass is 79.9. The quantitative estimate of drug-likeness (QED) is 0.708. The molecule has 5 heteroatoms. The number of aryl methyl sites for hydroxylation is 1. The van der Waals surface area contributed by atoms with Crippen LogP contribution in [0.5, 0.6) is 0 Å². The fourth-order valence-electron chi connectivity index (χ4n) is 2.30. The van der Waals surface area contributed by atoms with E-state index in [4.69, 9.17) is 0 Å². The average molecular weight is 382 g/mol. The first-order valence-electron chi connectivity index (χ1n) is 7.62. The molecule has 24 heavy (non-hydrogen) atoms. The number of anilines is 1. The van der Waals surface area contributed by atoms with Gasteiger partial charge < -0.3 is 5.32 Å². The third-order valence-electron chi connectivity index (χ3n) is 3.50. The zero-order valence-corrected chi connectivity index (χ0v) is 14.5. The molecule has 3 rings (SSSR count). The number of rotatable bonds is 5. The van der Waals surface area contributed by atoms with Crippen molar-refractivity contribution in [2.24, 2.45) is 0 Å². The van der Waals surface area contributed by atoms with Crippen LogP contribution in [-0.2, 0) is 11.2 Å². The number of nitrogens with zero attached hydrogens (tertiary/aromatic N) is 2. The third-order valence-corrected chi connectivity index (χ3v) is 3.99. The number of carbonyl (C=O) groups excluding carboxylic acids is 1. The molecule has 0 bridgehead atoms. The lowest BCUT2D eigenvalue weighted by molar-refractivity contribution is -0.116. The summed E-state index contributed by atoms with van der Waals surface area (Å²) in [4.78, 5) is 20.6. The van der Waals surface area contributed by atoms with E-state index in [1.165, 1.54) is 0 Å². The van der Waals surface area contributed by atoms with Gasteiger partial charge in [0.25, 0.3) is 0 Å². The van der Waals surface area contributed by atoms with E-state index in [-0.39, 0.29) is 5.91 Å². The number of hydrogen-bond acceptors (Lipinski definition) is 3. The number of hydrogen-bond donors (Lipinski definition) is 1. The largest absolute Gasteiger partial charge is 0.323 e. The van der Waals surface area contributed by atoms with Crippen molar-refractivity contribution in [3.8, 4) is 11.4 Å². The molecule has 0 aliphatic rings. The van der Waals surface area contributed by atoms with Gasteiger partial charge in [-0.15, -0.1) is 0 Å². The first-order chi connectivity index (χ1) is 11.7. The van der Waals surface area contributed by atoms with Crippen LogP contribution < -0.4 is 5.32 Å². The van der Waals surface area contributed by atoms with Crippen LogP contribution in [0.3, 0.4) is 0 Å². The summed E-state index contributed by atoms with van der Waals surface area (Å²) in [5.41, 5.74) is 2.68. The molecule has 0 aliphatic heterocycles. The van der Waals surface area contributed by atoms with E-state index < -0.39 is 0 Å². The van der Waals surface area contributed by atoms with Gasteiger partial charge in [-0.3, -0.25) is 4.79 Å². The standard InChI is InChI=1S/C19H16BrN3O/c20-16-8-4-5-14(11-16)9-10-18(24)23-17-12-21-19(22-13-17)15-6-2-1-3-7-15/h1-8,11-13H,9-10H2,(H,23,24). The normalized spacial score (nSPS) is 10.4. The number of benzene rings is 2. The zero-order valence-electron chi connectivity index (χ0n) is 12.9. The van der Waals surface area contributed by atoms with Gasteiger partial charge in [0, 0.05) is 16.5 Å². The fraction of sp³-hybridized carbons (Fsp3) is 0.105. The van der Waals surface area contributed by atoms with E-state index in [2.05, 4.69) is 31.2 Å². The van der Waals surface area contributed by atoms with Crippen molar-refractivity contribution in [2.45, 2.75) is 12.8 Å². The van der Waals surface area contributed by atoms with Gasteiger partial charge in [0.1, 0.15) is 0 Å². The topological polar surface area (TPSA) is 54.9 Å². The Hall–Kier alpha value is -2.53. The van der Waals surface area contributed by atoms with Crippen molar-refractivity contribution in [2.75, 3.05) is 5.32 Å². The summed E-state index contributed by atoms with van der Waals surface area (Å²) in [6, 6.07) is 17.7. The average Bonchev–Trinajstić information content (AvgIpc) is 2.61. The Morgan fingerprint density at radius 3 is 2.46 bits per heavy atom. The molecule has 4 nitrogen and oxygen atoms in total. The van der Waals surface area contributed by atoms with Crippen molar-refractivity contribution in [1.82, 2.24) is 9.97 Å². The Morgan fingerprint density at radius 1 is 1.00 bits per heavy atom. The fourth-order valence-corrected chi connectivity index (χ4v) is 2.75. The highest BCUT2D eigenvalue weighted by Crippen LogP contribution is 2.16. The van der Waals surface area contributed by atoms with Gasteiger partial charge in [-0.1, -0.05) is 58.4 Å². The van der Waals surface area contributed by atoms with Gasteiger partial charge in [-0.2, -0.15) is 0 Å². The number of amides is 1. The summed E-state index contributed by atoms with van der Waals surface area (Å²) in [6.07, 6.45) is 4.36. The first-order valence-corrected chi connectivity index (χ1v) is 8.42. The Kier molecular flexibility index (Phi) is 5.33. The molecule has 0 spiro atoms. The van der Waals surface area contributed by atoms with Gasteiger partial charge in [0.15, 0.2) is 5.82 Å². The van der Waals surface area contributed by atoms with E-state index in [1.807, 2.05) is 54.6 Å². The molecule has 2 aromatic carbocycles. The van der Waals surface area contributed by atoms with Crippen molar-refractivity contribution >= 4 is 27.5 Å². The van der Waals surface area contributed by atoms with Crippen molar-refractivity contribution < 1.29 is 4.79 Å². The summed E-state index contributed by atoms with van der Waals surface area (Å²) < 4.78 is 1.02. The lowest BCUT2D eigenvalue weighted by Crippen LogP contribution is -2.12. The van der Waals surface area contributed by atoms with E-state index in [1.54, 1.807) is 12.4 Å². The molecule has 1 amide bonds. The van der Waals surface area contributed by atoms with Gasteiger partial charge >= 0.3 is 0 Å². The Labute approximate surface area is 149 Å². The molecule has 1 heterocycles. The summed E-state index contributed by atoms with van der Waals surface area (Å²) in [6.45, 7) is 0. The summed E-state index contributed by atoms with van der Waals surface area (Å²) >= 11 is 3.43. The molecule has 0 unspecified atom stereocenters. The lowest BCUT2D eigenvalue weighted by Gasteiger charge is -2.06. The molecular formula is C19H16BrN3O. The minimum Gasteiger partial charge on any atom is -0.323 e. The number of aromatic nitrogens is 2. The predicted molar refractivity (Wildman–Crippen MR) is 98.6 cm³/mol. The molecule has 1 aromatic heterocycles. The molecular weight excluding hydrogens is 366 g/mol. The number of halogens is 1. The molecule has 0 saturated carbocycles. The molecule has 120 valence electrons. The number of carbonyl (C=O) groups is 1. The van der Waals surface area contributed by atoms with Crippen LogP contribution in [-0.4, -0.2) is 15.9 Å². The molecule has 0 atom stereocenters. The first kappa shape index (κ1) is 16.3. The number of nitrogens with one attached hydrogen (secondary N) is 1. The molecule has 0 saturated heterocycles. The van der Waals surface area contributed by atoms with Gasteiger partial charge in [0.2, 0.25) is 5.91 Å². The Balaban J connectivity index is 1.57. The highest BCUT2D eigenvalue weighted by molar-refractivity contribution is 9.10. The zero-order chi connectivity index (χ0) is 16.8. The Morgan fingerprint density at radius 2 is 1.75 bits per heavy atom. The maximum absolute atomic E-state index is 12.0. The lowest BCUT2D eigenvalue weighted by atomic mass is 10.1. The van der Waals surface area contributed by atoms with Gasteiger partial charge in [-0.25, -0.2) is 9.97 Å². The second kappa shape index (κ2) is 7.84. The molecule has 0 aliphatic carbocycles. The third kappa shape index (κ3) is 4.49. The van der Waals surface area contributed by atoms with Crippen LogP contribution in [0.15, 0.2) is 71.5 Å². The molecule has 0 radical (unpaired) electrons. The van der Waals surface area contributed by atoms with E-state index in [0.717, 1.165) is 15.6 Å². The summed E-state index contributed by atoms with van der Waals surface area (Å²) in [7, 11) is 0. The maximum Gasteiger partial charge on any atom is 0.224 e. The van der Waals surface area contributed by atoms with E-state index in [0.29, 0.717) is 24.4 Å². The van der Waals surface area contributed by atoms with E-state index in [9.17, 15) is 4.79 Å². The SMILES string of the molecule is O=C(CCc1cccc(Br)c1)Nc1cnc(-c2ccccc2)nc1. The van der Waals surface area contributed by atoms with Crippen LogP contribution in [0.1, 0.15) is 12.0 Å². The second-order valence-corrected chi connectivity index (χ2v) is 6.26. The van der Waals surface area contributed by atoms with Gasteiger partial charge in [-0.05, 0) is 24.1 Å². The smallest absolute Gasteiger partial charge is 0.224 e. The molecule has 1 N–H and O–H groups in total. The van der Waals surface area contributed by atoms with Crippen LogP contribution in [0.4, 0.5) is 5.69 Å². The predicted octanol–water partition coefficient (Wildman–Crippen LogP) is 4.48. The molecule has 3 aromatic rings. The van der Waals surface area contributed by atoms with Crippen molar-refractivity contribution in [1.29, 1.82) is 0 Å². The highest BCUT2D eigenvalue weighted by Gasteiger charge is 2.05. The van der Waals surface area contributed by atoms with Crippen LogP contribution in [0, 0.1) is 0 Å². The van der Waals surface area contributed by atoms with Crippen molar-refractivity contribution in [3.63, 3.8) is 0 Å². The Bertz CT molecular complexity index is 820. The summed E-state index contributed by atoms with van der Waals surface area (Å²) in [5.74, 6) is 0.591. The van der Waals surface area contributed by atoms with E-state index >= 15 is 0 Å². The van der Waals surface area contributed by atoms with Gasteiger partial charge in [0.05, 0.1) is 18.1 Å². The second-order valence-electron chi connectivity index (χ2n) is 5.34.